The van der Waals surface area contributed by atoms with Gasteiger partial charge in [0.25, 0.3) is 10.9 Å². The molecule has 0 aliphatic carbocycles. The summed E-state index contributed by atoms with van der Waals surface area (Å²) in [7, 11) is 0. The Balaban J connectivity index is 1.62. The van der Waals surface area contributed by atoms with Crippen LogP contribution >= 0.6 is 35.0 Å². The fourth-order valence-corrected chi connectivity index (χ4v) is 2.94. The molecule has 2 aromatic carbocycles. The van der Waals surface area contributed by atoms with Gasteiger partial charge in [0.2, 0.25) is 11.8 Å². The largest absolute Gasteiger partial charge is 0.411 e. The van der Waals surface area contributed by atoms with Gasteiger partial charge in [-0.05, 0) is 24.3 Å². The second kappa shape index (κ2) is 8.38. The first-order chi connectivity index (χ1) is 12.9. The molecule has 8 nitrogen and oxygen atoms in total. The number of halogens is 2. The van der Waals surface area contributed by atoms with E-state index in [1.165, 1.54) is 18.2 Å². The molecule has 0 aliphatic heterocycles. The summed E-state index contributed by atoms with van der Waals surface area (Å²) in [4.78, 5) is 22.4. The lowest BCUT2D eigenvalue weighted by atomic mass is 10.2. The Morgan fingerprint density at radius 3 is 2.81 bits per heavy atom. The van der Waals surface area contributed by atoms with Crippen molar-refractivity contribution in [2.24, 2.45) is 0 Å². The second-order valence-corrected chi connectivity index (χ2v) is 6.91. The topological polar surface area (TPSA) is 111 Å². The predicted molar refractivity (Wildman–Crippen MR) is 102 cm³/mol. The van der Waals surface area contributed by atoms with Gasteiger partial charge in [0.15, 0.2) is 0 Å². The van der Waals surface area contributed by atoms with E-state index in [0.717, 1.165) is 11.8 Å². The number of nitro groups is 1. The summed E-state index contributed by atoms with van der Waals surface area (Å²) in [5.74, 6) is -0.210. The van der Waals surface area contributed by atoms with E-state index in [2.05, 4.69) is 15.5 Å². The first kappa shape index (κ1) is 19.2. The molecule has 0 fully saturated rings. The van der Waals surface area contributed by atoms with Crippen molar-refractivity contribution in [2.45, 2.75) is 5.22 Å². The summed E-state index contributed by atoms with van der Waals surface area (Å²) in [6, 6.07) is 10.6. The molecule has 11 heteroatoms. The third-order valence-corrected chi connectivity index (χ3v) is 4.62. The molecule has 0 radical (unpaired) electrons. The van der Waals surface area contributed by atoms with E-state index < -0.39 is 4.92 Å². The third-order valence-electron chi connectivity index (χ3n) is 3.24. The highest BCUT2D eigenvalue weighted by Gasteiger charge is 2.14. The summed E-state index contributed by atoms with van der Waals surface area (Å²) in [5.41, 5.74) is 0.731. The number of benzene rings is 2. The highest BCUT2D eigenvalue weighted by Crippen LogP contribution is 2.27. The van der Waals surface area contributed by atoms with Crippen molar-refractivity contribution < 1.29 is 14.1 Å². The minimum absolute atomic E-state index is 0.000582. The summed E-state index contributed by atoms with van der Waals surface area (Å²) >= 11 is 12.9. The molecule has 0 bridgehead atoms. The smallest absolute Gasteiger partial charge is 0.277 e. The lowest BCUT2D eigenvalue weighted by Crippen LogP contribution is -2.14. The van der Waals surface area contributed by atoms with Crippen LogP contribution in [-0.2, 0) is 4.79 Å². The lowest BCUT2D eigenvalue weighted by Gasteiger charge is -2.06. The van der Waals surface area contributed by atoms with Gasteiger partial charge < -0.3 is 9.73 Å². The maximum atomic E-state index is 12.0. The fraction of sp³-hybridized carbons (Fsp3) is 0.0625. The zero-order valence-electron chi connectivity index (χ0n) is 13.4. The molecule has 3 aromatic rings. The van der Waals surface area contributed by atoms with Gasteiger partial charge in [0.1, 0.15) is 0 Å². The summed E-state index contributed by atoms with van der Waals surface area (Å²) in [5, 5.41) is 22.1. The van der Waals surface area contributed by atoms with Crippen LogP contribution in [0.5, 0.6) is 0 Å². The molecule has 0 atom stereocenters. The maximum Gasteiger partial charge on any atom is 0.277 e. The van der Waals surface area contributed by atoms with Crippen molar-refractivity contribution in [3.05, 3.63) is 62.6 Å². The van der Waals surface area contributed by atoms with E-state index in [4.69, 9.17) is 27.6 Å². The van der Waals surface area contributed by atoms with Crippen LogP contribution in [0.3, 0.4) is 0 Å². The molecule has 0 aliphatic rings. The van der Waals surface area contributed by atoms with E-state index in [1.807, 2.05) is 0 Å². The Kier molecular flexibility index (Phi) is 5.94. The zero-order valence-corrected chi connectivity index (χ0v) is 15.7. The molecule has 1 heterocycles. The van der Waals surface area contributed by atoms with Crippen molar-refractivity contribution in [3.63, 3.8) is 0 Å². The van der Waals surface area contributed by atoms with E-state index in [0.29, 0.717) is 21.3 Å². The van der Waals surface area contributed by atoms with Crippen molar-refractivity contribution >= 4 is 52.2 Å². The van der Waals surface area contributed by atoms with Crippen LogP contribution in [0, 0.1) is 10.1 Å². The monoisotopic (exact) mass is 424 g/mol. The molecule has 0 spiro atoms. The minimum Gasteiger partial charge on any atom is -0.411 e. The molecule has 3 rings (SSSR count). The third kappa shape index (κ3) is 4.97. The number of nitro benzene ring substituents is 1. The summed E-state index contributed by atoms with van der Waals surface area (Å²) in [6.45, 7) is 0. The van der Waals surface area contributed by atoms with Gasteiger partial charge >= 0.3 is 0 Å². The number of nitrogens with zero attached hydrogens (tertiary/aromatic N) is 3. The number of nitrogens with one attached hydrogen (secondary N) is 1. The number of amides is 1. The second-order valence-electron chi connectivity index (χ2n) is 5.14. The van der Waals surface area contributed by atoms with Gasteiger partial charge in [-0.25, -0.2) is 0 Å². The number of hydrogen-bond donors (Lipinski definition) is 1. The van der Waals surface area contributed by atoms with Crippen LogP contribution in [-0.4, -0.2) is 26.8 Å². The van der Waals surface area contributed by atoms with Crippen LogP contribution in [0.1, 0.15) is 0 Å². The van der Waals surface area contributed by atoms with Gasteiger partial charge in [-0.3, -0.25) is 14.9 Å². The normalized spacial score (nSPS) is 10.6. The number of aromatic nitrogens is 2. The average Bonchev–Trinajstić information content (AvgIpc) is 3.12. The molecule has 0 unspecified atom stereocenters. The van der Waals surface area contributed by atoms with Crippen LogP contribution in [0.15, 0.2) is 52.1 Å². The Morgan fingerprint density at radius 1 is 1.22 bits per heavy atom. The van der Waals surface area contributed by atoms with Crippen LogP contribution in [0.25, 0.3) is 11.5 Å². The molecule has 138 valence electrons. The average molecular weight is 425 g/mol. The highest BCUT2D eigenvalue weighted by atomic mass is 35.5. The van der Waals surface area contributed by atoms with Gasteiger partial charge in [-0.1, -0.05) is 41.0 Å². The minimum atomic E-state index is -0.513. The zero-order chi connectivity index (χ0) is 19.4. The predicted octanol–water partition coefficient (Wildman–Crippen LogP) is 4.68. The van der Waals surface area contributed by atoms with E-state index in [-0.39, 0.29) is 28.5 Å². The van der Waals surface area contributed by atoms with E-state index in [9.17, 15) is 14.9 Å². The molecule has 0 saturated heterocycles. The Hall–Kier alpha value is -2.62. The van der Waals surface area contributed by atoms with E-state index >= 15 is 0 Å². The van der Waals surface area contributed by atoms with E-state index in [1.54, 1.807) is 24.3 Å². The number of carbonyl (C=O) groups excluding carboxylic acids is 1. The number of carbonyl (C=O) groups is 1. The van der Waals surface area contributed by atoms with Crippen LogP contribution in [0.2, 0.25) is 10.0 Å². The number of hydrogen-bond acceptors (Lipinski definition) is 7. The summed E-state index contributed by atoms with van der Waals surface area (Å²) < 4.78 is 5.44. The van der Waals surface area contributed by atoms with Crippen molar-refractivity contribution in [2.75, 3.05) is 11.1 Å². The number of anilines is 1. The molecular weight excluding hydrogens is 415 g/mol. The number of non-ortho nitro benzene ring substituents is 1. The molecule has 0 saturated carbocycles. The highest BCUT2D eigenvalue weighted by molar-refractivity contribution is 7.99. The van der Waals surface area contributed by atoms with Crippen LogP contribution in [0.4, 0.5) is 11.4 Å². The number of rotatable bonds is 6. The first-order valence-electron chi connectivity index (χ1n) is 7.38. The standard InChI is InChI=1S/C16H10Cl2N4O4S/c17-10-4-5-12(18)13(7-10)19-14(23)8-27-16-21-20-15(26-16)9-2-1-3-11(6-9)22(24)25/h1-7H,8H2,(H,19,23). The Morgan fingerprint density at radius 2 is 2.04 bits per heavy atom. The van der Waals surface area contributed by atoms with Gasteiger partial charge in [-0.15, -0.1) is 10.2 Å². The molecule has 1 amide bonds. The lowest BCUT2D eigenvalue weighted by molar-refractivity contribution is -0.384. The Labute approximate surface area is 167 Å². The Bertz CT molecular complexity index is 1010. The summed E-state index contributed by atoms with van der Waals surface area (Å²) in [6.07, 6.45) is 0. The molecular formula is C16H10Cl2N4O4S. The first-order valence-corrected chi connectivity index (χ1v) is 9.12. The van der Waals surface area contributed by atoms with Crippen LogP contribution < -0.4 is 5.32 Å². The van der Waals surface area contributed by atoms with Crippen molar-refractivity contribution in [3.8, 4) is 11.5 Å². The van der Waals surface area contributed by atoms with Gasteiger partial charge in [0, 0.05) is 22.7 Å². The number of thioether (sulfide) groups is 1. The maximum absolute atomic E-state index is 12.0. The van der Waals surface area contributed by atoms with Crippen molar-refractivity contribution in [1.29, 1.82) is 0 Å². The van der Waals surface area contributed by atoms with Gasteiger partial charge in [-0.2, -0.15) is 0 Å². The fourth-order valence-electron chi connectivity index (χ4n) is 2.04. The SMILES string of the molecule is O=C(CSc1nnc(-c2cccc([N+](=O)[O-])c2)o1)Nc1cc(Cl)ccc1Cl. The van der Waals surface area contributed by atoms with Crippen molar-refractivity contribution in [1.82, 2.24) is 10.2 Å². The quantitative estimate of drug-likeness (QED) is 0.347. The molecule has 1 N–H and O–H groups in total. The molecule has 1 aromatic heterocycles. The van der Waals surface area contributed by atoms with Gasteiger partial charge in [0.05, 0.1) is 21.4 Å². The molecule has 27 heavy (non-hydrogen) atoms.